The van der Waals surface area contributed by atoms with Crippen LogP contribution in [0.5, 0.6) is 5.88 Å². The number of rotatable bonds is 4. The van der Waals surface area contributed by atoms with E-state index >= 15 is 0 Å². The van der Waals surface area contributed by atoms with E-state index in [1.807, 2.05) is 0 Å². The molecule has 0 saturated heterocycles. The van der Waals surface area contributed by atoms with Gasteiger partial charge in [0.15, 0.2) is 0 Å². The van der Waals surface area contributed by atoms with Crippen LogP contribution in [0.25, 0.3) is 0 Å². The average molecular weight is 238 g/mol. The Labute approximate surface area is 98.6 Å². The van der Waals surface area contributed by atoms with E-state index in [-0.39, 0.29) is 12.5 Å². The first-order chi connectivity index (χ1) is 8.15. The number of pyridine rings is 1. The number of nitrogens with zero attached hydrogens (tertiary/aromatic N) is 1. The molecule has 17 heavy (non-hydrogen) atoms. The van der Waals surface area contributed by atoms with E-state index in [2.05, 4.69) is 20.9 Å². The molecular weight excluding hydrogens is 224 g/mol. The van der Waals surface area contributed by atoms with Crippen molar-refractivity contribution in [2.24, 2.45) is 0 Å². The third kappa shape index (κ3) is 4.37. The fraction of sp³-hybridized carbons (Fsp3) is 0.300. The molecule has 0 aliphatic heterocycles. The molecule has 0 saturated carbocycles. The number of methoxy groups -OCH3 is 1. The molecule has 0 aliphatic carbocycles. The van der Waals surface area contributed by atoms with Crippen molar-refractivity contribution < 1.29 is 14.3 Å². The summed E-state index contributed by atoms with van der Waals surface area (Å²) in [6, 6.07) is 2.79. The fourth-order valence-electron chi connectivity index (χ4n) is 0.999. The summed E-state index contributed by atoms with van der Waals surface area (Å²) in [6.45, 7) is -0.0775. The summed E-state index contributed by atoms with van der Waals surface area (Å²) in [5.41, 5.74) is 0.514. The molecule has 1 rings (SSSR count). The zero-order valence-electron chi connectivity index (χ0n) is 9.61. The third-order valence-corrected chi connectivity index (χ3v) is 1.89. The van der Waals surface area contributed by atoms with Gasteiger partial charge in [-0.05, 0) is 6.07 Å². The standard InChI is InChI=1S/C10H14N4O3/c1-11-8(15)6-13-10(16)14-7-3-4-9(17-2)12-5-7/h3-5H,6H2,1-2H3,(H,11,15)(H2,13,14,16). The molecule has 7 heteroatoms. The van der Waals surface area contributed by atoms with E-state index in [1.54, 1.807) is 12.1 Å². The van der Waals surface area contributed by atoms with Crippen molar-refractivity contribution in [2.75, 3.05) is 26.0 Å². The number of carbonyl (C=O) groups excluding carboxylic acids is 2. The number of aromatic nitrogens is 1. The van der Waals surface area contributed by atoms with E-state index in [4.69, 9.17) is 4.74 Å². The molecule has 3 amide bonds. The predicted octanol–water partition coefficient (Wildman–Crippen LogP) is -0.0423. The van der Waals surface area contributed by atoms with Crippen LogP contribution in [0.1, 0.15) is 0 Å². The Morgan fingerprint density at radius 2 is 2.18 bits per heavy atom. The first kappa shape index (κ1) is 12.8. The third-order valence-electron chi connectivity index (χ3n) is 1.89. The molecule has 1 aromatic rings. The first-order valence-electron chi connectivity index (χ1n) is 4.91. The van der Waals surface area contributed by atoms with Crippen molar-refractivity contribution in [1.82, 2.24) is 15.6 Å². The lowest BCUT2D eigenvalue weighted by Crippen LogP contribution is -2.37. The molecule has 0 bridgehead atoms. The smallest absolute Gasteiger partial charge is 0.319 e. The topological polar surface area (TPSA) is 92.4 Å². The number of hydrogen-bond donors (Lipinski definition) is 3. The Balaban J connectivity index is 2.42. The van der Waals surface area contributed by atoms with E-state index in [1.165, 1.54) is 20.4 Å². The highest BCUT2D eigenvalue weighted by molar-refractivity contribution is 5.92. The summed E-state index contributed by atoms with van der Waals surface area (Å²) in [5, 5.41) is 7.30. The van der Waals surface area contributed by atoms with Crippen LogP contribution in [0.4, 0.5) is 10.5 Å². The second-order valence-corrected chi connectivity index (χ2v) is 3.07. The van der Waals surface area contributed by atoms with E-state index in [9.17, 15) is 9.59 Å². The number of anilines is 1. The monoisotopic (exact) mass is 238 g/mol. The predicted molar refractivity (Wildman–Crippen MR) is 61.9 cm³/mol. The normalized spacial score (nSPS) is 9.29. The molecule has 0 aliphatic rings. The summed E-state index contributed by atoms with van der Waals surface area (Å²) < 4.78 is 4.88. The van der Waals surface area contributed by atoms with Crippen LogP contribution in [0.3, 0.4) is 0 Å². The number of hydrogen-bond acceptors (Lipinski definition) is 4. The second-order valence-electron chi connectivity index (χ2n) is 3.07. The van der Waals surface area contributed by atoms with Gasteiger partial charge in [0.05, 0.1) is 25.5 Å². The minimum Gasteiger partial charge on any atom is -0.481 e. The van der Waals surface area contributed by atoms with Crippen LogP contribution in [0, 0.1) is 0 Å². The number of likely N-dealkylation sites (N-methyl/N-ethyl adjacent to an activating group) is 1. The molecule has 3 N–H and O–H groups in total. The molecule has 0 aromatic carbocycles. The Bertz CT molecular complexity index is 391. The van der Waals surface area contributed by atoms with Crippen LogP contribution in [0.2, 0.25) is 0 Å². The minimum atomic E-state index is -0.472. The van der Waals surface area contributed by atoms with Crippen LogP contribution in [-0.4, -0.2) is 37.6 Å². The van der Waals surface area contributed by atoms with Gasteiger partial charge in [0.2, 0.25) is 11.8 Å². The number of urea groups is 1. The van der Waals surface area contributed by atoms with Gasteiger partial charge in [-0.3, -0.25) is 4.79 Å². The molecule has 0 fully saturated rings. The van der Waals surface area contributed by atoms with Crippen molar-refractivity contribution >= 4 is 17.6 Å². The van der Waals surface area contributed by atoms with Crippen LogP contribution in [0.15, 0.2) is 18.3 Å². The lowest BCUT2D eigenvalue weighted by atomic mass is 10.4. The maximum absolute atomic E-state index is 11.3. The minimum absolute atomic E-state index is 0.0775. The molecule has 0 radical (unpaired) electrons. The summed E-state index contributed by atoms with van der Waals surface area (Å²) >= 11 is 0. The molecular formula is C10H14N4O3. The van der Waals surface area contributed by atoms with E-state index < -0.39 is 6.03 Å². The molecule has 1 aromatic heterocycles. The lowest BCUT2D eigenvalue weighted by molar-refractivity contribution is -0.119. The Morgan fingerprint density at radius 3 is 2.71 bits per heavy atom. The molecule has 92 valence electrons. The molecule has 7 nitrogen and oxygen atoms in total. The van der Waals surface area contributed by atoms with Gasteiger partial charge < -0.3 is 20.7 Å². The van der Waals surface area contributed by atoms with Gasteiger partial charge in [0.1, 0.15) is 0 Å². The summed E-state index contributed by atoms with van der Waals surface area (Å²) in [6.07, 6.45) is 1.46. The Hall–Kier alpha value is -2.31. The molecule has 0 spiro atoms. The second kappa shape index (κ2) is 6.31. The zero-order valence-corrected chi connectivity index (χ0v) is 9.61. The highest BCUT2D eigenvalue weighted by atomic mass is 16.5. The van der Waals surface area contributed by atoms with Gasteiger partial charge in [-0.15, -0.1) is 0 Å². The lowest BCUT2D eigenvalue weighted by Gasteiger charge is -2.06. The van der Waals surface area contributed by atoms with Crippen molar-refractivity contribution in [3.63, 3.8) is 0 Å². The van der Waals surface area contributed by atoms with Crippen molar-refractivity contribution in [1.29, 1.82) is 0 Å². The molecule has 0 unspecified atom stereocenters. The quantitative estimate of drug-likeness (QED) is 0.686. The average Bonchev–Trinajstić information content (AvgIpc) is 2.36. The highest BCUT2D eigenvalue weighted by Gasteiger charge is 2.04. The summed E-state index contributed by atoms with van der Waals surface area (Å²) in [7, 11) is 3.00. The van der Waals surface area contributed by atoms with Crippen LogP contribution >= 0.6 is 0 Å². The Morgan fingerprint density at radius 1 is 1.41 bits per heavy atom. The van der Waals surface area contributed by atoms with Crippen molar-refractivity contribution in [3.8, 4) is 5.88 Å². The van der Waals surface area contributed by atoms with Crippen molar-refractivity contribution in [3.05, 3.63) is 18.3 Å². The number of nitrogens with one attached hydrogen (secondary N) is 3. The maximum atomic E-state index is 11.3. The molecule has 1 heterocycles. The highest BCUT2D eigenvalue weighted by Crippen LogP contribution is 2.10. The van der Waals surface area contributed by atoms with Gasteiger partial charge >= 0.3 is 6.03 Å². The van der Waals surface area contributed by atoms with Gasteiger partial charge in [0.25, 0.3) is 0 Å². The number of carbonyl (C=O) groups is 2. The summed E-state index contributed by atoms with van der Waals surface area (Å²) in [5.74, 6) is 0.189. The van der Waals surface area contributed by atoms with E-state index in [0.29, 0.717) is 11.6 Å². The van der Waals surface area contributed by atoms with Crippen molar-refractivity contribution in [2.45, 2.75) is 0 Å². The van der Waals surface area contributed by atoms with Crippen LogP contribution in [-0.2, 0) is 4.79 Å². The van der Waals surface area contributed by atoms with Crippen LogP contribution < -0.4 is 20.7 Å². The van der Waals surface area contributed by atoms with Gasteiger partial charge in [-0.2, -0.15) is 0 Å². The first-order valence-corrected chi connectivity index (χ1v) is 4.91. The zero-order chi connectivity index (χ0) is 12.7. The fourth-order valence-corrected chi connectivity index (χ4v) is 0.999. The van der Waals surface area contributed by atoms with Gasteiger partial charge in [-0.1, -0.05) is 0 Å². The molecule has 0 atom stereocenters. The summed E-state index contributed by atoms with van der Waals surface area (Å²) in [4.78, 5) is 26.1. The van der Waals surface area contributed by atoms with Gasteiger partial charge in [-0.25, -0.2) is 9.78 Å². The SMILES string of the molecule is CNC(=O)CNC(=O)Nc1ccc(OC)nc1. The van der Waals surface area contributed by atoms with E-state index in [0.717, 1.165) is 0 Å². The maximum Gasteiger partial charge on any atom is 0.319 e. The van der Waals surface area contributed by atoms with Gasteiger partial charge in [0, 0.05) is 13.1 Å². The number of ether oxygens (including phenoxy) is 1. The largest absolute Gasteiger partial charge is 0.481 e. The Kier molecular flexibility index (Phi) is 4.74. The number of amides is 3.